The van der Waals surface area contributed by atoms with E-state index >= 15 is 0 Å². The number of carboxylic acid groups (broad SMARTS) is 1. The van der Waals surface area contributed by atoms with E-state index in [0.717, 1.165) is 0 Å². The average Bonchev–Trinajstić information content (AvgIpc) is 2.76. The lowest BCUT2D eigenvalue weighted by atomic mass is 10.0. The minimum Gasteiger partial charge on any atom is -0.481 e. The van der Waals surface area contributed by atoms with Crippen molar-refractivity contribution >= 4 is 28.5 Å². The predicted octanol–water partition coefficient (Wildman–Crippen LogP) is 1.16. The maximum atomic E-state index is 11.4. The van der Waals surface area contributed by atoms with Gasteiger partial charge in [-0.1, -0.05) is 24.7 Å². The Balaban J connectivity index is 2.29. The molecule has 1 aromatic heterocycles. The first-order chi connectivity index (χ1) is 8.11. The average molecular weight is 258 g/mol. The van der Waals surface area contributed by atoms with Gasteiger partial charge in [-0.15, -0.1) is 10.2 Å². The van der Waals surface area contributed by atoms with Crippen LogP contribution < -0.4 is 10.6 Å². The number of anilines is 1. The largest absolute Gasteiger partial charge is 0.481 e. The first-order valence-corrected chi connectivity index (χ1v) is 6.02. The molecule has 1 heterocycles. The second-order valence-corrected chi connectivity index (χ2v) is 4.28. The van der Waals surface area contributed by atoms with Gasteiger partial charge in [-0.25, -0.2) is 4.79 Å². The SMILES string of the molecule is CCC(CNC(=O)Nc1nncs1)CC(=O)O. The summed E-state index contributed by atoms with van der Waals surface area (Å²) >= 11 is 1.21. The molecule has 7 nitrogen and oxygen atoms in total. The number of carbonyl (C=O) groups excluding carboxylic acids is 1. The van der Waals surface area contributed by atoms with Gasteiger partial charge in [0.2, 0.25) is 5.13 Å². The van der Waals surface area contributed by atoms with Gasteiger partial charge in [-0.2, -0.15) is 0 Å². The summed E-state index contributed by atoms with van der Waals surface area (Å²) in [7, 11) is 0. The third-order valence-corrected chi connectivity index (χ3v) is 2.78. The number of hydrogen-bond donors (Lipinski definition) is 3. The topological polar surface area (TPSA) is 104 Å². The molecule has 94 valence electrons. The van der Waals surface area contributed by atoms with Crippen LogP contribution in [-0.2, 0) is 4.79 Å². The van der Waals surface area contributed by atoms with Crippen LogP contribution in [0.3, 0.4) is 0 Å². The molecule has 0 aliphatic carbocycles. The second-order valence-electron chi connectivity index (χ2n) is 3.45. The Morgan fingerprint density at radius 3 is 2.88 bits per heavy atom. The van der Waals surface area contributed by atoms with E-state index in [4.69, 9.17) is 5.11 Å². The van der Waals surface area contributed by atoms with Gasteiger partial charge in [0.15, 0.2) is 0 Å². The highest BCUT2D eigenvalue weighted by Crippen LogP contribution is 2.08. The lowest BCUT2D eigenvalue weighted by Crippen LogP contribution is -2.33. The van der Waals surface area contributed by atoms with E-state index in [1.165, 1.54) is 16.8 Å². The maximum Gasteiger partial charge on any atom is 0.321 e. The molecule has 0 aliphatic heterocycles. The van der Waals surface area contributed by atoms with Crippen molar-refractivity contribution in [2.24, 2.45) is 5.92 Å². The molecule has 3 N–H and O–H groups in total. The van der Waals surface area contributed by atoms with Gasteiger partial charge in [-0.3, -0.25) is 10.1 Å². The third kappa shape index (κ3) is 5.25. The lowest BCUT2D eigenvalue weighted by Gasteiger charge is -2.13. The third-order valence-electron chi connectivity index (χ3n) is 2.17. The van der Waals surface area contributed by atoms with E-state index in [1.807, 2.05) is 6.92 Å². The summed E-state index contributed by atoms with van der Waals surface area (Å²) in [6.45, 7) is 2.21. The Morgan fingerprint density at radius 2 is 2.35 bits per heavy atom. The summed E-state index contributed by atoms with van der Waals surface area (Å²) in [5, 5.41) is 21.4. The van der Waals surface area contributed by atoms with Crippen molar-refractivity contribution in [1.29, 1.82) is 0 Å². The molecule has 1 aromatic rings. The molecular weight excluding hydrogens is 244 g/mol. The van der Waals surface area contributed by atoms with Gasteiger partial charge in [-0.05, 0) is 5.92 Å². The van der Waals surface area contributed by atoms with E-state index in [-0.39, 0.29) is 12.3 Å². The Bertz CT molecular complexity index is 368. The van der Waals surface area contributed by atoms with E-state index in [1.54, 1.807) is 0 Å². The van der Waals surface area contributed by atoms with E-state index in [0.29, 0.717) is 18.1 Å². The summed E-state index contributed by atoms with van der Waals surface area (Å²) < 4.78 is 0. The molecule has 1 rings (SSSR count). The molecule has 17 heavy (non-hydrogen) atoms. The molecule has 0 radical (unpaired) electrons. The van der Waals surface area contributed by atoms with Gasteiger partial charge >= 0.3 is 12.0 Å². The lowest BCUT2D eigenvalue weighted by molar-refractivity contribution is -0.138. The minimum absolute atomic E-state index is 0.0512. The normalized spacial score (nSPS) is 11.8. The zero-order valence-corrected chi connectivity index (χ0v) is 10.2. The zero-order chi connectivity index (χ0) is 12.7. The van der Waals surface area contributed by atoms with Crippen molar-refractivity contribution in [3.63, 3.8) is 0 Å². The van der Waals surface area contributed by atoms with Crippen molar-refractivity contribution in [3.05, 3.63) is 5.51 Å². The predicted molar refractivity (Wildman–Crippen MR) is 63.0 cm³/mol. The van der Waals surface area contributed by atoms with Gasteiger partial charge in [0.25, 0.3) is 0 Å². The number of carboxylic acids is 1. The Labute approximate surface area is 102 Å². The first-order valence-electron chi connectivity index (χ1n) is 5.14. The number of nitrogens with zero attached hydrogens (tertiary/aromatic N) is 2. The Morgan fingerprint density at radius 1 is 1.59 bits per heavy atom. The fraction of sp³-hybridized carbons (Fsp3) is 0.556. The van der Waals surface area contributed by atoms with Crippen molar-refractivity contribution < 1.29 is 14.7 Å². The van der Waals surface area contributed by atoms with Gasteiger partial charge in [0, 0.05) is 13.0 Å². The molecule has 0 fully saturated rings. The fourth-order valence-corrected chi connectivity index (χ4v) is 1.65. The highest BCUT2D eigenvalue weighted by molar-refractivity contribution is 7.13. The molecule has 8 heteroatoms. The highest BCUT2D eigenvalue weighted by Gasteiger charge is 2.12. The molecular formula is C9H14N4O3S. The molecule has 0 aromatic carbocycles. The zero-order valence-electron chi connectivity index (χ0n) is 9.34. The smallest absolute Gasteiger partial charge is 0.321 e. The Kier molecular flexibility index (Phi) is 5.34. The van der Waals surface area contributed by atoms with Crippen molar-refractivity contribution in [2.45, 2.75) is 19.8 Å². The van der Waals surface area contributed by atoms with Crippen molar-refractivity contribution in [1.82, 2.24) is 15.5 Å². The number of aliphatic carboxylic acids is 1. The molecule has 0 bridgehead atoms. The fourth-order valence-electron chi connectivity index (χ4n) is 1.21. The van der Waals surface area contributed by atoms with Gasteiger partial charge in [0.1, 0.15) is 5.51 Å². The summed E-state index contributed by atoms with van der Waals surface area (Å²) in [6.07, 6.45) is 0.751. The number of nitrogens with one attached hydrogen (secondary N) is 2. The summed E-state index contributed by atoms with van der Waals surface area (Å²) in [6, 6.07) is -0.398. The number of urea groups is 1. The minimum atomic E-state index is -0.858. The number of rotatable bonds is 6. The summed E-state index contributed by atoms with van der Waals surface area (Å²) in [5.74, 6) is -0.921. The monoisotopic (exact) mass is 258 g/mol. The van der Waals surface area contributed by atoms with E-state index in [2.05, 4.69) is 20.8 Å². The molecule has 0 saturated heterocycles. The van der Waals surface area contributed by atoms with Crippen LogP contribution >= 0.6 is 11.3 Å². The van der Waals surface area contributed by atoms with Gasteiger partial charge in [0.05, 0.1) is 0 Å². The molecule has 1 unspecified atom stereocenters. The van der Waals surface area contributed by atoms with Gasteiger partial charge < -0.3 is 10.4 Å². The van der Waals surface area contributed by atoms with Crippen LogP contribution in [-0.4, -0.2) is 33.8 Å². The quantitative estimate of drug-likeness (QED) is 0.710. The summed E-state index contributed by atoms with van der Waals surface area (Å²) in [5.41, 5.74) is 1.51. The van der Waals surface area contributed by atoms with Crippen LogP contribution in [0.1, 0.15) is 19.8 Å². The first kappa shape index (κ1) is 13.4. The second kappa shape index (κ2) is 6.79. The van der Waals surface area contributed by atoms with Crippen LogP contribution in [0.5, 0.6) is 0 Å². The standard InChI is InChI=1S/C9H14N4O3S/c1-2-6(3-7(14)15)4-10-8(16)12-9-13-11-5-17-9/h5-6H,2-4H2,1H3,(H,14,15)(H2,10,12,13,16). The number of hydrogen-bond acceptors (Lipinski definition) is 5. The highest BCUT2D eigenvalue weighted by atomic mass is 32.1. The molecule has 1 atom stereocenters. The molecule has 0 aliphatic rings. The summed E-state index contributed by atoms with van der Waals surface area (Å²) in [4.78, 5) is 21.9. The van der Waals surface area contributed by atoms with Crippen LogP contribution in [0.2, 0.25) is 0 Å². The number of carbonyl (C=O) groups is 2. The Hall–Kier alpha value is -1.70. The van der Waals surface area contributed by atoms with Crippen LogP contribution in [0.4, 0.5) is 9.93 Å². The molecule has 0 saturated carbocycles. The van der Waals surface area contributed by atoms with Crippen molar-refractivity contribution in [3.8, 4) is 0 Å². The van der Waals surface area contributed by atoms with E-state index in [9.17, 15) is 9.59 Å². The van der Waals surface area contributed by atoms with Crippen LogP contribution in [0.25, 0.3) is 0 Å². The van der Waals surface area contributed by atoms with Crippen molar-refractivity contribution in [2.75, 3.05) is 11.9 Å². The molecule has 0 spiro atoms. The van der Waals surface area contributed by atoms with Crippen LogP contribution in [0, 0.1) is 5.92 Å². The number of amides is 2. The molecule has 2 amide bonds. The van der Waals surface area contributed by atoms with E-state index < -0.39 is 12.0 Å². The number of aromatic nitrogens is 2. The maximum absolute atomic E-state index is 11.4. The van der Waals surface area contributed by atoms with Crippen LogP contribution in [0.15, 0.2) is 5.51 Å².